The molecule has 18 heavy (non-hydrogen) atoms. The lowest BCUT2D eigenvalue weighted by Gasteiger charge is -2.14. The molecule has 0 saturated heterocycles. The highest BCUT2D eigenvalue weighted by molar-refractivity contribution is 5.99. The molecule has 1 aliphatic heterocycles. The molecule has 0 spiro atoms. The maximum absolute atomic E-state index is 5.77. The Morgan fingerprint density at radius 3 is 2.67 bits per heavy atom. The van der Waals surface area contributed by atoms with E-state index < -0.39 is 0 Å². The Balaban J connectivity index is 3.01. The highest BCUT2D eigenvalue weighted by Gasteiger charge is 2.17. The summed E-state index contributed by atoms with van der Waals surface area (Å²) in [5.74, 6) is 1.06. The fourth-order valence-electron chi connectivity index (χ4n) is 1.30. The van der Waals surface area contributed by atoms with Crippen LogP contribution in [0.15, 0.2) is 33.8 Å². The fourth-order valence-corrected chi connectivity index (χ4v) is 1.30. The van der Waals surface area contributed by atoms with Gasteiger partial charge >= 0.3 is 0 Å². The number of nitrogens with two attached hydrogens (primary N) is 1. The molecule has 7 nitrogen and oxygen atoms in total. The van der Waals surface area contributed by atoms with Crippen LogP contribution < -0.4 is 16.4 Å². The normalized spacial score (nSPS) is 16.4. The molecular formula is C11H19N5O2. The minimum absolute atomic E-state index is 0.160. The van der Waals surface area contributed by atoms with Crippen LogP contribution in [0.3, 0.4) is 0 Å². The maximum atomic E-state index is 5.77. The molecule has 0 unspecified atom stereocenters. The summed E-state index contributed by atoms with van der Waals surface area (Å²) in [6, 6.07) is 0. The zero-order chi connectivity index (χ0) is 13.5. The van der Waals surface area contributed by atoms with E-state index in [1.165, 1.54) is 14.2 Å². The van der Waals surface area contributed by atoms with Crippen molar-refractivity contribution < 1.29 is 9.47 Å². The van der Waals surface area contributed by atoms with Crippen molar-refractivity contribution in [1.82, 2.24) is 10.6 Å². The Kier molecular flexibility index (Phi) is 5.04. The third-order valence-electron chi connectivity index (χ3n) is 2.08. The summed E-state index contributed by atoms with van der Waals surface area (Å²) < 4.78 is 10.2. The summed E-state index contributed by atoms with van der Waals surface area (Å²) >= 11 is 0. The number of allylic oxidation sites excluding steroid dienone is 1. The van der Waals surface area contributed by atoms with E-state index in [0.717, 1.165) is 6.54 Å². The first-order chi connectivity index (χ1) is 8.58. The predicted octanol–water partition coefficient (Wildman–Crippen LogP) is -0.112. The Labute approximate surface area is 106 Å². The van der Waals surface area contributed by atoms with Gasteiger partial charge in [0.05, 0.1) is 20.8 Å². The minimum Gasteiger partial charge on any atom is -0.481 e. The van der Waals surface area contributed by atoms with E-state index in [-0.39, 0.29) is 5.88 Å². The van der Waals surface area contributed by atoms with Gasteiger partial charge in [-0.25, -0.2) is 4.99 Å². The summed E-state index contributed by atoms with van der Waals surface area (Å²) in [6.45, 7) is 6.94. The van der Waals surface area contributed by atoms with Crippen LogP contribution in [0.25, 0.3) is 0 Å². The molecule has 4 N–H and O–H groups in total. The lowest BCUT2D eigenvalue weighted by Crippen LogP contribution is -2.38. The second kappa shape index (κ2) is 6.53. The lowest BCUT2D eigenvalue weighted by molar-refractivity contribution is 0.280. The number of hydrogen-bond donors (Lipinski definition) is 3. The van der Waals surface area contributed by atoms with Gasteiger partial charge in [-0.2, -0.15) is 0 Å². The van der Waals surface area contributed by atoms with Gasteiger partial charge in [-0.05, 0) is 6.92 Å². The Morgan fingerprint density at radius 1 is 1.50 bits per heavy atom. The van der Waals surface area contributed by atoms with E-state index in [9.17, 15) is 0 Å². The first-order valence-electron chi connectivity index (χ1n) is 5.46. The molecule has 0 bridgehead atoms. The quantitative estimate of drug-likeness (QED) is 0.369. The molecule has 0 amide bonds. The number of guanidine groups is 1. The van der Waals surface area contributed by atoms with E-state index in [1.54, 1.807) is 6.92 Å². The smallest absolute Gasteiger partial charge is 0.243 e. The van der Waals surface area contributed by atoms with E-state index >= 15 is 0 Å². The lowest BCUT2D eigenvalue weighted by atomic mass is 10.4. The van der Waals surface area contributed by atoms with E-state index in [1.807, 2.05) is 0 Å². The van der Waals surface area contributed by atoms with Crippen LogP contribution in [0.5, 0.6) is 0 Å². The molecule has 100 valence electrons. The van der Waals surface area contributed by atoms with Crippen molar-refractivity contribution in [2.75, 3.05) is 27.3 Å². The molecule has 0 aromatic carbocycles. The highest BCUT2D eigenvalue weighted by atomic mass is 16.5. The standard InChI is InChI=1S/C11H19N5O2/c1-7(2)15-10(18-4)8(9(12)17-3)16-11-13-5-6-14-11/h1,5-6,12H2,2-4H3,(H2,13,14,16)/b9-8-,15-10?. The fraction of sp³-hybridized carbons (Fsp3) is 0.455. The molecule has 0 radical (unpaired) electrons. The largest absolute Gasteiger partial charge is 0.481 e. The predicted molar refractivity (Wildman–Crippen MR) is 70.9 cm³/mol. The molecule has 0 aromatic heterocycles. The van der Waals surface area contributed by atoms with Gasteiger partial charge in [0.1, 0.15) is 0 Å². The number of nitrogens with one attached hydrogen (secondary N) is 2. The van der Waals surface area contributed by atoms with Crippen LogP contribution >= 0.6 is 0 Å². The van der Waals surface area contributed by atoms with Gasteiger partial charge in [-0.3, -0.25) is 4.99 Å². The SMILES string of the molecule is C=C(C)N=C(OC)/C(NC1=NCCN1)=C(\N)OC. The molecular weight excluding hydrogens is 234 g/mol. The van der Waals surface area contributed by atoms with Gasteiger partial charge in [0.2, 0.25) is 11.8 Å². The van der Waals surface area contributed by atoms with Crippen molar-refractivity contribution in [1.29, 1.82) is 0 Å². The van der Waals surface area contributed by atoms with E-state index in [4.69, 9.17) is 15.2 Å². The number of nitrogens with zero attached hydrogens (tertiary/aromatic N) is 2. The van der Waals surface area contributed by atoms with Gasteiger partial charge < -0.3 is 25.8 Å². The summed E-state index contributed by atoms with van der Waals surface area (Å²) in [5.41, 5.74) is 6.78. The van der Waals surface area contributed by atoms with E-state index in [0.29, 0.717) is 29.8 Å². The molecule has 0 aliphatic carbocycles. The minimum atomic E-state index is 0.160. The van der Waals surface area contributed by atoms with E-state index in [2.05, 4.69) is 27.2 Å². The first-order valence-corrected chi connectivity index (χ1v) is 5.46. The average molecular weight is 253 g/mol. The van der Waals surface area contributed by atoms with Crippen LogP contribution in [0.2, 0.25) is 0 Å². The third kappa shape index (κ3) is 3.69. The van der Waals surface area contributed by atoms with Crippen molar-refractivity contribution in [3.63, 3.8) is 0 Å². The molecule has 0 saturated carbocycles. The van der Waals surface area contributed by atoms with Crippen molar-refractivity contribution in [3.8, 4) is 0 Å². The van der Waals surface area contributed by atoms with Gasteiger partial charge in [0, 0.05) is 12.2 Å². The van der Waals surface area contributed by atoms with Crippen molar-refractivity contribution in [2.45, 2.75) is 6.92 Å². The van der Waals surface area contributed by atoms with Crippen LogP contribution in [0.4, 0.5) is 0 Å². The van der Waals surface area contributed by atoms with Crippen molar-refractivity contribution in [2.24, 2.45) is 15.7 Å². The molecule has 0 atom stereocenters. The molecule has 0 aromatic rings. The van der Waals surface area contributed by atoms with Crippen molar-refractivity contribution in [3.05, 3.63) is 23.9 Å². The maximum Gasteiger partial charge on any atom is 0.243 e. The average Bonchev–Trinajstić information content (AvgIpc) is 2.85. The number of hydrogen-bond acceptors (Lipinski definition) is 7. The van der Waals surface area contributed by atoms with Crippen LogP contribution in [-0.4, -0.2) is 39.2 Å². The highest BCUT2D eigenvalue weighted by Crippen LogP contribution is 2.05. The van der Waals surface area contributed by atoms with Crippen LogP contribution in [-0.2, 0) is 9.47 Å². The molecule has 1 heterocycles. The number of rotatable bonds is 4. The first kappa shape index (κ1) is 13.9. The third-order valence-corrected chi connectivity index (χ3v) is 2.08. The zero-order valence-corrected chi connectivity index (χ0v) is 10.9. The second-order valence-corrected chi connectivity index (χ2v) is 3.58. The Morgan fingerprint density at radius 2 is 2.22 bits per heavy atom. The number of methoxy groups -OCH3 is 2. The Bertz CT molecular complexity index is 412. The zero-order valence-electron chi connectivity index (χ0n) is 10.9. The number of aliphatic imine (C=N–C) groups is 2. The summed E-state index contributed by atoms with van der Waals surface area (Å²) in [6.07, 6.45) is 0. The Hall–Kier alpha value is -2.18. The van der Waals surface area contributed by atoms with Gasteiger partial charge in [-0.15, -0.1) is 0 Å². The van der Waals surface area contributed by atoms with Gasteiger partial charge in [0.25, 0.3) is 0 Å². The molecule has 1 rings (SSSR count). The van der Waals surface area contributed by atoms with Crippen LogP contribution in [0, 0.1) is 0 Å². The topological polar surface area (TPSA) is 93.3 Å². The molecule has 0 fully saturated rings. The van der Waals surface area contributed by atoms with Gasteiger partial charge in [0.15, 0.2) is 11.7 Å². The van der Waals surface area contributed by atoms with Crippen LogP contribution in [0.1, 0.15) is 6.92 Å². The number of ether oxygens (including phenoxy) is 2. The summed E-state index contributed by atoms with van der Waals surface area (Å²) in [7, 11) is 2.96. The monoisotopic (exact) mass is 253 g/mol. The summed E-state index contributed by atoms with van der Waals surface area (Å²) in [5, 5.41) is 6.05. The molecule has 1 aliphatic rings. The van der Waals surface area contributed by atoms with Crippen molar-refractivity contribution >= 4 is 11.9 Å². The molecule has 7 heteroatoms. The van der Waals surface area contributed by atoms with Gasteiger partial charge in [-0.1, -0.05) is 6.58 Å². The summed E-state index contributed by atoms with van der Waals surface area (Å²) in [4.78, 5) is 8.35. The second-order valence-electron chi connectivity index (χ2n) is 3.58.